The first-order valence-corrected chi connectivity index (χ1v) is 8.44. The third-order valence-electron chi connectivity index (χ3n) is 3.50. The molecule has 0 nitrogen and oxygen atoms in total. The summed E-state index contributed by atoms with van der Waals surface area (Å²) < 4.78 is 0. The zero-order valence-corrected chi connectivity index (χ0v) is 13.2. The van der Waals surface area contributed by atoms with E-state index in [-0.39, 0.29) is 0 Å². The molecule has 0 unspecified atom stereocenters. The van der Waals surface area contributed by atoms with Crippen molar-refractivity contribution in [3.05, 3.63) is 12.2 Å². The van der Waals surface area contributed by atoms with Crippen molar-refractivity contribution in [3.8, 4) is 0 Å². The van der Waals surface area contributed by atoms with Crippen molar-refractivity contribution in [2.75, 3.05) is 0 Å². The lowest BCUT2D eigenvalue weighted by Crippen LogP contribution is -1.82. The molecular weight excluding hydrogens is 216 g/mol. The van der Waals surface area contributed by atoms with E-state index in [0.717, 1.165) is 5.92 Å². The van der Waals surface area contributed by atoms with Crippen LogP contribution in [0, 0.1) is 5.92 Å². The number of hydrogen-bond acceptors (Lipinski definition) is 0. The van der Waals surface area contributed by atoms with E-state index in [9.17, 15) is 0 Å². The Hall–Kier alpha value is -0.260. The zero-order valence-electron chi connectivity index (χ0n) is 13.2. The van der Waals surface area contributed by atoms with Gasteiger partial charge in [-0.2, -0.15) is 0 Å². The minimum Gasteiger partial charge on any atom is -0.0883 e. The zero-order chi connectivity index (χ0) is 13.5. The van der Waals surface area contributed by atoms with Crippen molar-refractivity contribution in [1.29, 1.82) is 0 Å². The van der Waals surface area contributed by atoms with Crippen molar-refractivity contribution < 1.29 is 0 Å². The first kappa shape index (κ1) is 17.7. The molecule has 0 heterocycles. The lowest BCUT2D eigenvalue weighted by molar-refractivity contribution is 0.550. The molecule has 0 saturated carbocycles. The Balaban J connectivity index is 2.99. The van der Waals surface area contributed by atoms with Gasteiger partial charge in [-0.15, -0.1) is 0 Å². The first-order valence-electron chi connectivity index (χ1n) is 8.44. The fourth-order valence-corrected chi connectivity index (χ4v) is 2.29. The Kier molecular flexibility index (Phi) is 14.6. The van der Waals surface area contributed by atoms with Crippen LogP contribution < -0.4 is 0 Å². The van der Waals surface area contributed by atoms with Crippen LogP contribution in [0.2, 0.25) is 0 Å². The summed E-state index contributed by atoms with van der Waals surface area (Å²) in [5, 5.41) is 0. The number of rotatable bonds is 13. The van der Waals surface area contributed by atoms with Crippen LogP contribution in [0.5, 0.6) is 0 Å². The fourth-order valence-electron chi connectivity index (χ4n) is 2.29. The summed E-state index contributed by atoms with van der Waals surface area (Å²) in [5.74, 6) is 0.720. The minimum atomic E-state index is 0.720. The molecule has 0 aliphatic heterocycles. The molecule has 0 aliphatic carbocycles. The highest BCUT2D eigenvalue weighted by Gasteiger charge is 1.92. The molecule has 0 heteroatoms. The van der Waals surface area contributed by atoms with Gasteiger partial charge in [0.15, 0.2) is 0 Å². The maximum absolute atomic E-state index is 2.36. The van der Waals surface area contributed by atoms with Gasteiger partial charge >= 0.3 is 0 Å². The van der Waals surface area contributed by atoms with Gasteiger partial charge in [0.1, 0.15) is 0 Å². The van der Waals surface area contributed by atoms with Crippen molar-refractivity contribution >= 4 is 0 Å². The summed E-state index contributed by atoms with van der Waals surface area (Å²) in [6.07, 6.45) is 21.8. The largest absolute Gasteiger partial charge is 0.0883 e. The summed E-state index contributed by atoms with van der Waals surface area (Å²) in [7, 11) is 0. The van der Waals surface area contributed by atoms with Gasteiger partial charge in [0, 0.05) is 0 Å². The van der Waals surface area contributed by atoms with Crippen LogP contribution >= 0.6 is 0 Å². The molecule has 18 heavy (non-hydrogen) atoms. The van der Waals surface area contributed by atoms with Gasteiger partial charge in [-0.3, -0.25) is 0 Å². The second-order valence-corrected chi connectivity index (χ2v) is 6.00. The van der Waals surface area contributed by atoms with Crippen LogP contribution in [0.4, 0.5) is 0 Å². The lowest BCUT2D eigenvalue weighted by Gasteiger charge is -2.01. The molecule has 0 spiro atoms. The highest BCUT2D eigenvalue weighted by molar-refractivity contribution is 4.83. The van der Waals surface area contributed by atoms with E-state index in [1.165, 1.54) is 77.0 Å². The van der Waals surface area contributed by atoms with Crippen molar-refractivity contribution in [2.24, 2.45) is 5.92 Å². The van der Waals surface area contributed by atoms with Crippen molar-refractivity contribution in [3.63, 3.8) is 0 Å². The Morgan fingerprint density at radius 1 is 0.667 bits per heavy atom. The third kappa shape index (κ3) is 15.7. The monoisotopic (exact) mass is 252 g/mol. The van der Waals surface area contributed by atoms with Gasteiger partial charge < -0.3 is 0 Å². The molecular formula is C18H36. The van der Waals surface area contributed by atoms with E-state index in [1.54, 1.807) is 0 Å². The van der Waals surface area contributed by atoms with Gasteiger partial charge in [0.05, 0.1) is 0 Å². The normalized spacial score (nSPS) is 11.8. The Labute approximate surface area is 116 Å². The first-order chi connectivity index (χ1) is 8.77. The smallest absolute Gasteiger partial charge is 0.0290 e. The van der Waals surface area contributed by atoms with E-state index in [0.29, 0.717) is 0 Å². The topological polar surface area (TPSA) is 0 Å². The fraction of sp³-hybridized carbons (Fsp3) is 0.889. The van der Waals surface area contributed by atoms with E-state index in [4.69, 9.17) is 0 Å². The van der Waals surface area contributed by atoms with Gasteiger partial charge in [0.25, 0.3) is 0 Å². The average molecular weight is 252 g/mol. The third-order valence-corrected chi connectivity index (χ3v) is 3.50. The number of unbranched alkanes of at least 4 members (excludes halogenated alkanes) is 11. The maximum Gasteiger partial charge on any atom is -0.0290 e. The molecule has 0 N–H and O–H groups in total. The Bertz CT molecular complexity index is 167. The number of hydrogen-bond donors (Lipinski definition) is 0. The van der Waals surface area contributed by atoms with E-state index >= 15 is 0 Å². The Morgan fingerprint density at radius 2 is 1.11 bits per heavy atom. The van der Waals surface area contributed by atoms with E-state index in [1.807, 2.05) is 0 Å². The highest BCUT2D eigenvalue weighted by Crippen LogP contribution is 2.12. The SMILES string of the molecule is CCCCCCCCCCCCCC=CC(C)C. The quantitative estimate of drug-likeness (QED) is 0.247. The summed E-state index contributed by atoms with van der Waals surface area (Å²) in [6, 6.07) is 0. The predicted octanol–water partition coefficient (Wildman–Crippen LogP) is 6.90. The molecule has 0 aromatic heterocycles. The molecule has 108 valence electrons. The standard InChI is InChI=1S/C18H36/c1-4-5-6-7-8-9-10-11-12-13-14-15-16-17-18(2)3/h16-18H,4-15H2,1-3H3. The maximum atomic E-state index is 2.36. The molecule has 0 fully saturated rings. The van der Waals surface area contributed by atoms with Gasteiger partial charge in [-0.05, 0) is 18.8 Å². The summed E-state index contributed by atoms with van der Waals surface area (Å²) in [5.41, 5.74) is 0. The van der Waals surface area contributed by atoms with Crippen molar-refractivity contribution in [2.45, 2.75) is 97.8 Å². The summed E-state index contributed by atoms with van der Waals surface area (Å²) >= 11 is 0. The molecule has 0 bridgehead atoms. The highest BCUT2D eigenvalue weighted by atomic mass is 14.0. The van der Waals surface area contributed by atoms with Crippen LogP contribution in [0.1, 0.15) is 97.8 Å². The molecule has 0 rings (SSSR count). The molecule has 0 aromatic carbocycles. The predicted molar refractivity (Wildman–Crippen MR) is 85.1 cm³/mol. The number of allylic oxidation sites excluding steroid dienone is 2. The van der Waals surface area contributed by atoms with E-state index < -0.39 is 0 Å². The van der Waals surface area contributed by atoms with Gasteiger partial charge in [0.2, 0.25) is 0 Å². The van der Waals surface area contributed by atoms with Crippen LogP contribution in [-0.2, 0) is 0 Å². The second-order valence-electron chi connectivity index (χ2n) is 6.00. The van der Waals surface area contributed by atoms with Crippen LogP contribution in [-0.4, -0.2) is 0 Å². The van der Waals surface area contributed by atoms with E-state index in [2.05, 4.69) is 32.9 Å². The molecule has 0 radical (unpaired) electrons. The average Bonchev–Trinajstić information content (AvgIpc) is 2.34. The van der Waals surface area contributed by atoms with Gasteiger partial charge in [-0.1, -0.05) is 97.1 Å². The molecule has 0 aromatic rings. The summed E-state index contributed by atoms with van der Waals surface area (Å²) in [4.78, 5) is 0. The van der Waals surface area contributed by atoms with Gasteiger partial charge in [-0.25, -0.2) is 0 Å². The molecule has 0 saturated heterocycles. The lowest BCUT2D eigenvalue weighted by atomic mass is 10.0. The summed E-state index contributed by atoms with van der Waals surface area (Å²) in [6.45, 7) is 6.78. The van der Waals surface area contributed by atoms with Crippen LogP contribution in [0.25, 0.3) is 0 Å². The molecule has 0 aliphatic rings. The second kappa shape index (κ2) is 14.8. The molecule has 0 atom stereocenters. The van der Waals surface area contributed by atoms with Crippen LogP contribution in [0.15, 0.2) is 12.2 Å². The van der Waals surface area contributed by atoms with Crippen molar-refractivity contribution in [1.82, 2.24) is 0 Å². The Morgan fingerprint density at radius 3 is 1.56 bits per heavy atom. The van der Waals surface area contributed by atoms with Crippen LogP contribution in [0.3, 0.4) is 0 Å². The minimum absolute atomic E-state index is 0.720. The molecule has 0 amide bonds.